The summed E-state index contributed by atoms with van der Waals surface area (Å²) in [5.41, 5.74) is 1.02. The lowest BCUT2D eigenvalue weighted by Gasteiger charge is -2.20. The molecular formula is C20H21FN2O4S. The lowest BCUT2D eigenvalue weighted by atomic mass is 10.1. The number of amides is 1. The van der Waals surface area contributed by atoms with Gasteiger partial charge in [-0.2, -0.15) is 5.26 Å². The third-order valence-corrected chi connectivity index (χ3v) is 6.54. The van der Waals surface area contributed by atoms with Gasteiger partial charge >= 0.3 is 6.09 Å². The maximum Gasteiger partial charge on any atom is 0.412 e. The van der Waals surface area contributed by atoms with Gasteiger partial charge in [-0.1, -0.05) is 19.1 Å². The first-order valence-electron chi connectivity index (χ1n) is 8.70. The van der Waals surface area contributed by atoms with Crippen molar-refractivity contribution in [3.63, 3.8) is 0 Å². The van der Waals surface area contributed by atoms with Gasteiger partial charge in [0.15, 0.2) is 9.84 Å². The van der Waals surface area contributed by atoms with Gasteiger partial charge in [-0.25, -0.2) is 17.6 Å². The predicted octanol–water partition coefficient (Wildman–Crippen LogP) is 3.74. The van der Waals surface area contributed by atoms with E-state index in [9.17, 15) is 17.6 Å². The van der Waals surface area contributed by atoms with E-state index in [2.05, 4.69) is 5.32 Å². The summed E-state index contributed by atoms with van der Waals surface area (Å²) in [6.07, 6.45) is -0.419. The van der Waals surface area contributed by atoms with Crippen LogP contribution in [0.3, 0.4) is 0 Å². The fourth-order valence-corrected chi connectivity index (χ4v) is 4.27. The molecular weight excluding hydrogens is 383 g/mol. The van der Waals surface area contributed by atoms with Gasteiger partial charge in [-0.05, 0) is 55.3 Å². The molecule has 2 rings (SSSR count). The number of sulfone groups is 1. The number of halogens is 1. The Labute approximate surface area is 163 Å². The zero-order chi connectivity index (χ0) is 20.7. The van der Waals surface area contributed by atoms with Gasteiger partial charge in [0.1, 0.15) is 11.6 Å². The number of hydrogen-bond donors (Lipinski definition) is 1. The molecule has 1 N–H and O–H groups in total. The standard InChI is InChI=1S/C20H21FN2O4S/c1-3-18(23-20(24)27-19-10-8-17(21)9-11-19)13-28(25,26)14(2)16-6-4-15(12-22)5-7-16/h4-11,14,18H,3,13H2,1-2H3,(H,23,24)/t14-,18+/m0/s1. The largest absolute Gasteiger partial charge is 0.412 e. The van der Waals surface area contributed by atoms with Crippen LogP contribution in [0.4, 0.5) is 9.18 Å². The molecule has 2 atom stereocenters. The maximum absolute atomic E-state index is 12.9. The molecule has 0 aliphatic heterocycles. The molecule has 0 saturated carbocycles. The first-order valence-corrected chi connectivity index (χ1v) is 10.4. The molecule has 2 aromatic carbocycles. The minimum absolute atomic E-state index is 0.155. The van der Waals surface area contributed by atoms with Crippen LogP contribution in [0.15, 0.2) is 48.5 Å². The van der Waals surface area contributed by atoms with Gasteiger partial charge in [0.05, 0.1) is 22.6 Å². The summed E-state index contributed by atoms with van der Waals surface area (Å²) in [4.78, 5) is 12.0. The highest BCUT2D eigenvalue weighted by atomic mass is 32.2. The Hall–Kier alpha value is -2.92. The Morgan fingerprint density at radius 1 is 1.18 bits per heavy atom. The summed E-state index contributed by atoms with van der Waals surface area (Å²) in [5, 5.41) is 10.6. The molecule has 0 heterocycles. The predicted molar refractivity (Wildman–Crippen MR) is 103 cm³/mol. The summed E-state index contributed by atoms with van der Waals surface area (Å²) in [6, 6.07) is 12.6. The van der Waals surface area contributed by atoms with E-state index in [0.29, 0.717) is 17.5 Å². The van der Waals surface area contributed by atoms with Crippen molar-refractivity contribution < 1.29 is 22.3 Å². The van der Waals surface area contributed by atoms with Gasteiger partial charge in [0, 0.05) is 6.04 Å². The van der Waals surface area contributed by atoms with Crippen LogP contribution in [0.25, 0.3) is 0 Å². The quantitative estimate of drug-likeness (QED) is 0.758. The Morgan fingerprint density at radius 2 is 1.79 bits per heavy atom. The number of carbonyl (C=O) groups excluding carboxylic acids is 1. The SMILES string of the molecule is CC[C@H](CS(=O)(=O)[C@@H](C)c1ccc(C#N)cc1)NC(=O)Oc1ccc(F)cc1. The van der Waals surface area contributed by atoms with Crippen molar-refractivity contribution in [2.45, 2.75) is 31.6 Å². The number of carbonyl (C=O) groups is 1. The average Bonchev–Trinajstić information content (AvgIpc) is 2.68. The summed E-state index contributed by atoms with van der Waals surface area (Å²) >= 11 is 0. The minimum Gasteiger partial charge on any atom is -0.410 e. The molecule has 0 unspecified atom stereocenters. The van der Waals surface area contributed by atoms with Crippen molar-refractivity contribution >= 4 is 15.9 Å². The highest BCUT2D eigenvalue weighted by Crippen LogP contribution is 2.24. The molecule has 0 spiro atoms. The van der Waals surface area contributed by atoms with E-state index in [-0.39, 0.29) is 11.5 Å². The van der Waals surface area contributed by atoms with Crippen LogP contribution < -0.4 is 10.1 Å². The summed E-state index contributed by atoms with van der Waals surface area (Å²) in [7, 11) is -3.57. The third-order valence-electron chi connectivity index (χ3n) is 4.32. The van der Waals surface area contributed by atoms with E-state index in [1.807, 2.05) is 6.07 Å². The Kier molecular flexibility index (Phi) is 7.12. The number of rotatable bonds is 7. The van der Waals surface area contributed by atoms with E-state index < -0.39 is 33.0 Å². The molecule has 0 fully saturated rings. The third kappa shape index (κ3) is 5.79. The van der Waals surface area contributed by atoms with Crippen molar-refractivity contribution in [1.82, 2.24) is 5.32 Å². The fourth-order valence-electron chi connectivity index (χ4n) is 2.53. The normalized spacial score (nSPS) is 13.2. The van der Waals surface area contributed by atoms with Crippen LogP contribution in [0.5, 0.6) is 5.75 Å². The van der Waals surface area contributed by atoms with Gasteiger partial charge in [0.2, 0.25) is 0 Å². The number of nitriles is 1. The van der Waals surface area contributed by atoms with Crippen LogP contribution in [-0.4, -0.2) is 26.3 Å². The number of nitrogens with one attached hydrogen (secondary N) is 1. The fraction of sp³-hybridized carbons (Fsp3) is 0.300. The van der Waals surface area contributed by atoms with Crippen molar-refractivity contribution in [3.8, 4) is 11.8 Å². The van der Waals surface area contributed by atoms with E-state index in [0.717, 1.165) is 12.1 Å². The Morgan fingerprint density at radius 3 is 2.32 bits per heavy atom. The minimum atomic E-state index is -3.57. The van der Waals surface area contributed by atoms with E-state index in [1.54, 1.807) is 38.1 Å². The first-order chi connectivity index (χ1) is 13.2. The molecule has 8 heteroatoms. The maximum atomic E-state index is 12.9. The zero-order valence-electron chi connectivity index (χ0n) is 15.6. The molecule has 0 radical (unpaired) electrons. The molecule has 28 heavy (non-hydrogen) atoms. The van der Waals surface area contributed by atoms with Gasteiger partial charge in [-0.15, -0.1) is 0 Å². The smallest absolute Gasteiger partial charge is 0.410 e. The average molecular weight is 404 g/mol. The highest BCUT2D eigenvalue weighted by Gasteiger charge is 2.27. The number of ether oxygens (including phenoxy) is 1. The molecule has 0 saturated heterocycles. The van der Waals surface area contributed by atoms with Crippen molar-refractivity contribution in [2.75, 3.05) is 5.75 Å². The van der Waals surface area contributed by atoms with Gasteiger partial charge in [-0.3, -0.25) is 0 Å². The molecule has 6 nitrogen and oxygen atoms in total. The van der Waals surface area contributed by atoms with Crippen molar-refractivity contribution in [3.05, 3.63) is 65.5 Å². The first kappa shape index (κ1) is 21.4. The number of nitrogens with zero attached hydrogens (tertiary/aromatic N) is 1. The topological polar surface area (TPSA) is 96.3 Å². The van der Waals surface area contributed by atoms with E-state index >= 15 is 0 Å². The Bertz CT molecular complexity index is 951. The van der Waals surface area contributed by atoms with E-state index in [4.69, 9.17) is 10.00 Å². The van der Waals surface area contributed by atoms with Crippen LogP contribution in [0, 0.1) is 17.1 Å². The lowest BCUT2D eigenvalue weighted by molar-refractivity contribution is 0.196. The van der Waals surface area contributed by atoms with Crippen LogP contribution >= 0.6 is 0 Å². The van der Waals surface area contributed by atoms with Gasteiger partial charge in [0.25, 0.3) is 0 Å². The second-order valence-corrected chi connectivity index (χ2v) is 8.66. The zero-order valence-corrected chi connectivity index (χ0v) is 16.4. The summed E-state index contributed by atoms with van der Waals surface area (Å²) in [5.74, 6) is -0.562. The molecule has 148 valence electrons. The second-order valence-electron chi connectivity index (χ2n) is 6.30. The number of benzene rings is 2. The van der Waals surface area contributed by atoms with Crippen molar-refractivity contribution in [2.24, 2.45) is 0 Å². The molecule has 1 amide bonds. The van der Waals surface area contributed by atoms with Crippen LogP contribution in [-0.2, 0) is 9.84 Å². The summed E-state index contributed by atoms with van der Waals surface area (Å²) in [6.45, 7) is 3.32. The molecule has 0 aliphatic rings. The van der Waals surface area contributed by atoms with Crippen LogP contribution in [0.2, 0.25) is 0 Å². The molecule has 2 aromatic rings. The highest BCUT2D eigenvalue weighted by molar-refractivity contribution is 7.91. The molecule has 0 aliphatic carbocycles. The second kappa shape index (κ2) is 9.33. The van der Waals surface area contributed by atoms with Crippen molar-refractivity contribution in [1.29, 1.82) is 5.26 Å². The lowest BCUT2D eigenvalue weighted by Crippen LogP contribution is -2.41. The van der Waals surface area contributed by atoms with Gasteiger partial charge < -0.3 is 10.1 Å². The number of hydrogen-bond acceptors (Lipinski definition) is 5. The molecule has 0 bridgehead atoms. The summed E-state index contributed by atoms with van der Waals surface area (Å²) < 4.78 is 43.4. The molecule has 0 aromatic heterocycles. The van der Waals surface area contributed by atoms with E-state index in [1.165, 1.54) is 12.1 Å². The monoisotopic (exact) mass is 404 g/mol. The van der Waals surface area contributed by atoms with Crippen LogP contribution in [0.1, 0.15) is 36.6 Å². The Balaban J connectivity index is 2.01.